The van der Waals surface area contributed by atoms with Gasteiger partial charge in [0.15, 0.2) is 0 Å². The molecule has 1 unspecified atom stereocenters. The maximum absolute atomic E-state index is 12.8. The molecule has 0 aromatic heterocycles. The van der Waals surface area contributed by atoms with Crippen LogP contribution in [0.1, 0.15) is 38.2 Å². The third kappa shape index (κ3) is 5.76. The van der Waals surface area contributed by atoms with E-state index >= 15 is 0 Å². The van der Waals surface area contributed by atoms with E-state index in [-0.39, 0.29) is 29.1 Å². The topological polar surface area (TPSA) is 48.0 Å². The van der Waals surface area contributed by atoms with E-state index in [0.717, 1.165) is 64.1 Å². The second kappa shape index (κ2) is 11.1. The number of piperidine rings is 1. The Morgan fingerprint density at radius 3 is 2.63 bits per heavy atom. The van der Waals surface area contributed by atoms with E-state index in [9.17, 15) is 4.79 Å². The monoisotopic (exact) mass is 441 g/mol. The average Bonchev–Trinajstić information content (AvgIpc) is 3.20. The normalized spacial score (nSPS) is 22.2. The van der Waals surface area contributed by atoms with Crippen molar-refractivity contribution in [2.24, 2.45) is 0 Å². The van der Waals surface area contributed by atoms with Gasteiger partial charge in [-0.1, -0.05) is 30.3 Å². The van der Waals surface area contributed by atoms with Gasteiger partial charge in [0, 0.05) is 13.2 Å². The molecule has 0 radical (unpaired) electrons. The van der Waals surface area contributed by atoms with Crippen molar-refractivity contribution >= 4 is 23.0 Å². The minimum atomic E-state index is -0.508. The van der Waals surface area contributed by atoms with E-state index < -0.39 is 5.41 Å². The van der Waals surface area contributed by atoms with Crippen LogP contribution in [0, 0.1) is 0 Å². The lowest BCUT2D eigenvalue weighted by molar-refractivity contribution is -0.152. The molecule has 0 amide bonds. The quantitative estimate of drug-likeness (QED) is 0.457. The molecule has 2 saturated heterocycles. The van der Waals surface area contributed by atoms with Gasteiger partial charge in [0.25, 0.3) is 0 Å². The Hall–Kier alpha value is -0.950. The molecule has 27 heavy (non-hydrogen) atoms. The predicted molar refractivity (Wildman–Crippen MR) is 111 cm³/mol. The van der Waals surface area contributed by atoms with Crippen molar-refractivity contribution in [2.45, 2.75) is 44.1 Å². The fraction of sp³-hybridized carbons (Fsp3) is 0.667. The number of esters is 1. The molecule has 1 aromatic carbocycles. The molecule has 1 atom stereocenters. The minimum Gasteiger partial charge on any atom is -0.465 e. The Balaban J connectivity index is 0.00000261. The average molecular weight is 442 g/mol. The number of carbonyl (C=O) groups is 1. The van der Waals surface area contributed by atoms with E-state index in [4.69, 9.17) is 14.2 Å². The summed E-state index contributed by atoms with van der Waals surface area (Å²) in [5.74, 6) is -0.0829. The number of carbonyl (C=O) groups excluding carboxylic acids is 1. The Kier molecular flexibility index (Phi) is 9.22. The van der Waals surface area contributed by atoms with Gasteiger partial charge in [-0.05, 0) is 51.3 Å². The van der Waals surface area contributed by atoms with Crippen LogP contribution in [0.25, 0.3) is 0 Å². The first kappa shape index (κ1) is 22.3. The Morgan fingerprint density at radius 1 is 1.26 bits per heavy atom. The summed E-state index contributed by atoms with van der Waals surface area (Å²) in [6.45, 7) is 7.26. The molecular formula is C21H32BrNO4. The summed E-state index contributed by atoms with van der Waals surface area (Å²) in [5, 5.41) is 0. The van der Waals surface area contributed by atoms with Crippen molar-refractivity contribution in [3.05, 3.63) is 35.9 Å². The van der Waals surface area contributed by atoms with Crippen molar-refractivity contribution in [1.82, 2.24) is 4.90 Å². The molecule has 152 valence electrons. The van der Waals surface area contributed by atoms with Crippen LogP contribution in [-0.4, -0.2) is 63.0 Å². The van der Waals surface area contributed by atoms with E-state index in [2.05, 4.69) is 17.0 Å². The van der Waals surface area contributed by atoms with Crippen LogP contribution in [0.5, 0.6) is 0 Å². The molecule has 0 spiro atoms. The van der Waals surface area contributed by atoms with Crippen LogP contribution in [-0.2, 0) is 24.4 Å². The molecule has 0 saturated carbocycles. The highest BCUT2D eigenvalue weighted by atomic mass is 79.9. The molecule has 2 aliphatic heterocycles. The molecule has 2 heterocycles. The van der Waals surface area contributed by atoms with Crippen molar-refractivity contribution in [1.29, 1.82) is 0 Å². The summed E-state index contributed by atoms with van der Waals surface area (Å²) in [6.07, 6.45) is 4.13. The summed E-state index contributed by atoms with van der Waals surface area (Å²) in [4.78, 5) is 15.1. The molecule has 6 heteroatoms. The maximum atomic E-state index is 12.8. The van der Waals surface area contributed by atoms with Crippen LogP contribution in [0.2, 0.25) is 0 Å². The number of benzene rings is 1. The first-order valence-electron chi connectivity index (χ1n) is 9.89. The SMILES string of the molecule is Br.CCOC(=O)C1(c2ccccc2)CCN(CCOCC2CCCO2)CC1. The predicted octanol–water partition coefficient (Wildman–Crippen LogP) is 3.36. The smallest absolute Gasteiger partial charge is 0.316 e. The standard InChI is InChI=1S/C21H31NO4.BrH/c1-2-25-20(23)21(18-7-4-3-5-8-18)10-12-22(13-11-21)14-16-24-17-19-9-6-15-26-19;/h3-5,7-8,19H,2,6,9-17H2,1H3;1H. The largest absolute Gasteiger partial charge is 0.465 e. The first-order valence-corrected chi connectivity index (χ1v) is 9.89. The lowest BCUT2D eigenvalue weighted by Crippen LogP contribution is -2.48. The van der Waals surface area contributed by atoms with Crippen LogP contribution < -0.4 is 0 Å². The van der Waals surface area contributed by atoms with Crippen LogP contribution >= 0.6 is 17.0 Å². The zero-order valence-electron chi connectivity index (χ0n) is 16.2. The van der Waals surface area contributed by atoms with Crippen LogP contribution in [0.3, 0.4) is 0 Å². The lowest BCUT2D eigenvalue weighted by Gasteiger charge is -2.40. The van der Waals surface area contributed by atoms with Gasteiger partial charge in [0.05, 0.1) is 31.3 Å². The van der Waals surface area contributed by atoms with E-state index in [0.29, 0.717) is 13.2 Å². The summed E-state index contributed by atoms with van der Waals surface area (Å²) in [7, 11) is 0. The molecular weight excluding hydrogens is 410 g/mol. The number of likely N-dealkylation sites (tertiary alicyclic amines) is 1. The van der Waals surface area contributed by atoms with Gasteiger partial charge in [0.1, 0.15) is 0 Å². The third-order valence-electron chi connectivity index (χ3n) is 5.58. The third-order valence-corrected chi connectivity index (χ3v) is 5.58. The highest BCUT2D eigenvalue weighted by Crippen LogP contribution is 2.36. The van der Waals surface area contributed by atoms with Crippen molar-refractivity contribution in [3.63, 3.8) is 0 Å². The highest BCUT2D eigenvalue weighted by molar-refractivity contribution is 8.93. The summed E-state index contributed by atoms with van der Waals surface area (Å²) < 4.78 is 16.8. The van der Waals surface area contributed by atoms with Gasteiger partial charge >= 0.3 is 5.97 Å². The summed E-state index contributed by atoms with van der Waals surface area (Å²) in [5.41, 5.74) is 0.569. The molecule has 0 aliphatic carbocycles. The zero-order valence-corrected chi connectivity index (χ0v) is 17.9. The van der Waals surface area contributed by atoms with Gasteiger partial charge in [-0.3, -0.25) is 4.79 Å². The zero-order chi connectivity index (χ0) is 18.2. The van der Waals surface area contributed by atoms with Gasteiger partial charge in [-0.15, -0.1) is 17.0 Å². The Labute approximate surface area is 173 Å². The van der Waals surface area contributed by atoms with Gasteiger partial charge in [-0.2, -0.15) is 0 Å². The second-order valence-corrected chi connectivity index (χ2v) is 7.22. The van der Waals surface area contributed by atoms with Crippen LogP contribution in [0.4, 0.5) is 0 Å². The Morgan fingerprint density at radius 2 is 2.00 bits per heavy atom. The molecule has 3 rings (SSSR count). The van der Waals surface area contributed by atoms with Crippen molar-refractivity contribution in [2.75, 3.05) is 46.1 Å². The van der Waals surface area contributed by atoms with Crippen LogP contribution in [0.15, 0.2) is 30.3 Å². The molecule has 1 aromatic rings. The van der Waals surface area contributed by atoms with Gasteiger partial charge < -0.3 is 19.1 Å². The fourth-order valence-corrected chi connectivity index (χ4v) is 3.98. The Bertz CT molecular complexity index is 555. The number of nitrogens with zero attached hydrogens (tertiary/aromatic N) is 1. The minimum absolute atomic E-state index is 0. The highest BCUT2D eigenvalue weighted by Gasteiger charge is 2.44. The summed E-state index contributed by atoms with van der Waals surface area (Å²) in [6, 6.07) is 10.1. The first-order chi connectivity index (χ1) is 12.7. The maximum Gasteiger partial charge on any atom is 0.316 e. The number of hydrogen-bond donors (Lipinski definition) is 0. The van der Waals surface area contributed by atoms with E-state index in [1.807, 2.05) is 25.1 Å². The molecule has 5 nitrogen and oxygen atoms in total. The number of halogens is 1. The molecule has 0 N–H and O–H groups in total. The fourth-order valence-electron chi connectivity index (χ4n) is 3.98. The summed E-state index contributed by atoms with van der Waals surface area (Å²) >= 11 is 0. The number of ether oxygens (including phenoxy) is 3. The van der Waals surface area contributed by atoms with Crippen molar-refractivity contribution < 1.29 is 19.0 Å². The van der Waals surface area contributed by atoms with Crippen molar-refractivity contribution in [3.8, 4) is 0 Å². The molecule has 2 aliphatic rings. The second-order valence-electron chi connectivity index (χ2n) is 7.22. The van der Waals surface area contributed by atoms with E-state index in [1.165, 1.54) is 0 Å². The number of rotatable bonds is 8. The molecule has 2 fully saturated rings. The van der Waals surface area contributed by atoms with E-state index in [1.54, 1.807) is 0 Å². The molecule has 0 bridgehead atoms. The number of hydrogen-bond acceptors (Lipinski definition) is 5. The van der Waals surface area contributed by atoms with Gasteiger partial charge in [-0.25, -0.2) is 0 Å². The van der Waals surface area contributed by atoms with Gasteiger partial charge in [0.2, 0.25) is 0 Å². The lowest BCUT2D eigenvalue weighted by atomic mass is 9.72.